The summed E-state index contributed by atoms with van der Waals surface area (Å²) >= 11 is 0. The average Bonchev–Trinajstić information content (AvgIpc) is 2.46. The maximum atomic E-state index is 11.8. The number of hydrogen-bond donors (Lipinski definition) is 3. The fourth-order valence-electron chi connectivity index (χ4n) is 2.57. The molecule has 0 saturated heterocycles. The molecule has 0 spiro atoms. The molecular formula is C16H20N2O3. The van der Waals surface area contributed by atoms with Crippen molar-refractivity contribution in [1.82, 2.24) is 5.32 Å². The second-order valence-electron chi connectivity index (χ2n) is 5.40. The summed E-state index contributed by atoms with van der Waals surface area (Å²) in [5.41, 5.74) is 7.20. The van der Waals surface area contributed by atoms with Gasteiger partial charge in [-0.15, -0.1) is 0 Å². The topological polar surface area (TPSA) is 92.4 Å². The summed E-state index contributed by atoms with van der Waals surface area (Å²) in [6.45, 7) is 0. The van der Waals surface area contributed by atoms with Crippen LogP contribution in [0.3, 0.4) is 0 Å². The molecular weight excluding hydrogens is 268 g/mol. The highest BCUT2D eigenvalue weighted by Crippen LogP contribution is 2.24. The zero-order valence-corrected chi connectivity index (χ0v) is 11.8. The second kappa shape index (κ2) is 6.92. The molecule has 1 aliphatic carbocycles. The lowest BCUT2D eigenvalue weighted by molar-refractivity contribution is -0.142. The Kier molecular flexibility index (Phi) is 4.98. The molecule has 0 aromatic heterocycles. The highest BCUT2D eigenvalue weighted by Gasteiger charge is 2.26. The van der Waals surface area contributed by atoms with Gasteiger partial charge in [0.2, 0.25) is 5.91 Å². The summed E-state index contributed by atoms with van der Waals surface area (Å²) < 4.78 is 0. The molecule has 112 valence electrons. The summed E-state index contributed by atoms with van der Waals surface area (Å²) in [5, 5.41) is 11.8. The lowest BCUT2D eigenvalue weighted by Gasteiger charge is -2.26. The van der Waals surface area contributed by atoms with E-state index in [1.54, 1.807) is 18.2 Å². The molecule has 0 aliphatic heterocycles. The van der Waals surface area contributed by atoms with Gasteiger partial charge < -0.3 is 16.2 Å². The van der Waals surface area contributed by atoms with Crippen molar-refractivity contribution in [2.45, 2.75) is 31.7 Å². The molecule has 1 aromatic rings. The zero-order valence-electron chi connectivity index (χ0n) is 11.8. The van der Waals surface area contributed by atoms with Crippen molar-refractivity contribution in [2.24, 2.45) is 5.92 Å². The first-order valence-corrected chi connectivity index (χ1v) is 7.11. The fourth-order valence-corrected chi connectivity index (χ4v) is 2.57. The zero-order chi connectivity index (χ0) is 15.2. The van der Waals surface area contributed by atoms with Crippen molar-refractivity contribution >= 4 is 23.6 Å². The number of nitrogens with two attached hydrogens (primary N) is 1. The Bertz CT molecular complexity index is 546. The van der Waals surface area contributed by atoms with E-state index >= 15 is 0 Å². The van der Waals surface area contributed by atoms with Gasteiger partial charge >= 0.3 is 5.97 Å². The summed E-state index contributed by atoms with van der Waals surface area (Å²) in [6, 6.07) is 7.36. The number of nitrogen functional groups attached to an aromatic ring is 1. The van der Waals surface area contributed by atoms with Crippen molar-refractivity contribution in [3.63, 3.8) is 0 Å². The number of nitrogens with one attached hydrogen (secondary N) is 1. The van der Waals surface area contributed by atoms with Crippen LogP contribution < -0.4 is 11.1 Å². The first kappa shape index (κ1) is 15.1. The molecule has 2 rings (SSSR count). The number of aliphatic carboxylic acids is 1. The number of amides is 1. The smallest absolute Gasteiger partial charge is 0.306 e. The normalized spacial score (nSPS) is 22.1. The van der Waals surface area contributed by atoms with Crippen molar-refractivity contribution < 1.29 is 14.7 Å². The lowest BCUT2D eigenvalue weighted by atomic mass is 9.86. The van der Waals surface area contributed by atoms with Crippen molar-refractivity contribution in [3.05, 3.63) is 35.9 Å². The molecule has 1 fully saturated rings. The van der Waals surface area contributed by atoms with Crippen LogP contribution in [0.5, 0.6) is 0 Å². The number of carbonyl (C=O) groups is 2. The minimum Gasteiger partial charge on any atom is -0.481 e. The molecule has 1 amide bonds. The Balaban J connectivity index is 1.81. The molecule has 0 heterocycles. The van der Waals surface area contributed by atoms with Gasteiger partial charge in [-0.3, -0.25) is 9.59 Å². The Morgan fingerprint density at radius 3 is 2.57 bits per heavy atom. The van der Waals surface area contributed by atoms with Gasteiger partial charge in [0.1, 0.15) is 0 Å². The van der Waals surface area contributed by atoms with E-state index in [4.69, 9.17) is 10.8 Å². The lowest BCUT2D eigenvalue weighted by Crippen LogP contribution is -2.37. The number of rotatable bonds is 4. The van der Waals surface area contributed by atoms with Crippen LogP contribution in [0.15, 0.2) is 30.3 Å². The Labute approximate surface area is 123 Å². The molecule has 21 heavy (non-hydrogen) atoms. The van der Waals surface area contributed by atoms with E-state index in [2.05, 4.69) is 5.32 Å². The van der Waals surface area contributed by atoms with E-state index in [0.717, 1.165) is 18.4 Å². The van der Waals surface area contributed by atoms with Crippen LogP contribution >= 0.6 is 0 Å². The standard InChI is InChI=1S/C16H20N2O3/c17-13-3-1-2-11(10-13)4-9-15(19)18-14-7-5-12(6-8-14)16(20)21/h1-4,9-10,12,14H,5-8,17H2,(H,18,19)(H,20,21)/b9-4+. The SMILES string of the molecule is Nc1cccc(/C=C/C(=O)NC2CCC(C(=O)O)CC2)c1. The maximum absolute atomic E-state index is 11.8. The second-order valence-corrected chi connectivity index (χ2v) is 5.40. The third kappa shape index (κ3) is 4.63. The first-order chi connectivity index (χ1) is 10.0. The molecule has 0 atom stereocenters. The minimum absolute atomic E-state index is 0.0681. The summed E-state index contributed by atoms with van der Waals surface area (Å²) in [4.78, 5) is 22.7. The van der Waals surface area contributed by atoms with Gasteiger partial charge in [0.25, 0.3) is 0 Å². The van der Waals surface area contributed by atoms with Crippen molar-refractivity contribution in [3.8, 4) is 0 Å². The van der Waals surface area contributed by atoms with Gasteiger partial charge in [-0.2, -0.15) is 0 Å². The van der Waals surface area contributed by atoms with E-state index in [1.807, 2.05) is 12.1 Å². The van der Waals surface area contributed by atoms with Crippen LogP contribution in [0.4, 0.5) is 5.69 Å². The number of carbonyl (C=O) groups excluding carboxylic acids is 1. The molecule has 0 unspecified atom stereocenters. The molecule has 1 aromatic carbocycles. The molecule has 5 nitrogen and oxygen atoms in total. The molecule has 1 saturated carbocycles. The van der Waals surface area contributed by atoms with E-state index in [-0.39, 0.29) is 17.9 Å². The van der Waals surface area contributed by atoms with Crippen LogP contribution in [-0.2, 0) is 9.59 Å². The quantitative estimate of drug-likeness (QED) is 0.584. The van der Waals surface area contributed by atoms with E-state index < -0.39 is 5.97 Å². The van der Waals surface area contributed by atoms with Gasteiger partial charge in [0.05, 0.1) is 5.92 Å². The first-order valence-electron chi connectivity index (χ1n) is 7.11. The Hall–Kier alpha value is -2.30. The van der Waals surface area contributed by atoms with Crippen LogP contribution in [0.1, 0.15) is 31.2 Å². The highest BCUT2D eigenvalue weighted by molar-refractivity contribution is 5.92. The van der Waals surface area contributed by atoms with Gasteiger partial charge in [0.15, 0.2) is 0 Å². The molecule has 4 N–H and O–H groups in total. The van der Waals surface area contributed by atoms with E-state index in [0.29, 0.717) is 18.5 Å². The van der Waals surface area contributed by atoms with Gasteiger partial charge in [0, 0.05) is 17.8 Å². The minimum atomic E-state index is -0.735. The molecule has 0 radical (unpaired) electrons. The van der Waals surface area contributed by atoms with Crippen LogP contribution in [0.2, 0.25) is 0 Å². The number of anilines is 1. The predicted octanol–water partition coefficient (Wildman–Crippen LogP) is 2.04. The van der Waals surface area contributed by atoms with Crippen molar-refractivity contribution in [1.29, 1.82) is 0 Å². The van der Waals surface area contributed by atoms with Crippen LogP contribution in [0, 0.1) is 5.92 Å². The predicted molar refractivity (Wildman–Crippen MR) is 81.4 cm³/mol. The molecule has 1 aliphatic rings. The van der Waals surface area contributed by atoms with Gasteiger partial charge in [-0.1, -0.05) is 12.1 Å². The number of carboxylic acid groups (broad SMARTS) is 1. The summed E-state index contributed by atoms with van der Waals surface area (Å²) in [5.74, 6) is -1.15. The maximum Gasteiger partial charge on any atom is 0.306 e. The molecule has 5 heteroatoms. The molecule has 0 bridgehead atoms. The number of carboxylic acids is 1. The van der Waals surface area contributed by atoms with Crippen LogP contribution in [-0.4, -0.2) is 23.0 Å². The van der Waals surface area contributed by atoms with E-state index in [9.17, 15) is 9.59 Å². The monoisotopic (exact) mass is 288 g/mol. The van der Waals surface area contributed by atoms with Gasteiger partial charge in [-0.05, 0) is 49.5 Å². The van der Waals surface area contributed by atoms with Gasteiger partial charge in [-0.25, -0.2) is 0 Å². The average molecular weight is 288 g/mol. The van der Waals surface area contributed by atoms with E-state index in [1.165, 1.54) is 6.08 Å². The Morgan fingerprint density at radius 1 is 1.24 bits per heavy atom. The number of benzene rings is 1. The number of hydrogen-bond acceptors (Lipinski definition) is 3. The Morgan fingerprint density at radius 2 is 1.95 bits per heavy atom. The van der Waals surface area contributed by atoms with Crippen LogP contribution in [0.25, 0.3) is 6.08 Å². The largest absolute Gasteiger partial charge is 0.481 e. The highest BCUT2D eigenvalue weighted by atomic mass is 16.4. The summed E-state index contributed by atoms with van der Waals surface area (Å²) in [6.07, 6.45) is 5.88. The fraction of sp³-hybridized carbons (Fsp3) is 0.375. The third-order valence-electron chi connectivity index (χ3n) is 3.76. The van der Waals surface area contributed by atoms with Crippen molar-refractivity contribution in [2.75, 3.05) is 5.73 Å². The third-order valence-corrected chi connectivity index (χ3v) is 3.76. The summed E-state index contributed by atoms with van der Waals surface area (Å²) in [7, 11) is 0.